The number of benzene rings is 1. The van der Waals surface area contributed by atoms with Crippen molar-refractivity contribution in [3.05, 3.63) is 28.5 Å². The van der Waals surface area contributed by atoms with Gasteiger partial charge in [-0.2, -0.15) is 4.31 Å². The highest BCUT2D eigenvalue weighted by Crippen LogP contribution is 2.21. The number of hydrogen-bond donors (Lipinski definition) is 1. The van der Waals surface area contributed by atoms with E-state index in [1.54, 1.807) is 7.05 Å². The Morgan fingerprint density at radius 1 is 1.44 bits per heavy atom. The molecule has 1 aromatic carbocycles. The fourth-order valence-electron chi connectivity index (χ4n) is 1.24. The Morgan fingerprint density at radius 3 is 2.56 bits per heavy atom. The molecule has 0 aliphatic carbocycles. The maximum absolute atomic E-state index is 13.6. The van der Waals surface area contributed by atoms with E-state index in [0.717, 1.165) is 10.4 Å². The number of nitrogens with one attached hydrogen (secondary N) is 1. The average molecular weight is 362 g/mol. The predicted molar refractivity (Wildman–Crippen MR) is 75.1 cm³/mol. The Hall–Kier alpha value is -0.210. The zero-order chi connectivity index (χ0) is 13.1. The van der Waals surface area contributed by atoms with Crippen molar-refractivity contribution in [2.24, 2.45) is 0 Å². The molecule has 0 aliphatic rings. The first-order valence-electron chi connectivity index (χ1n) is 4.95. The molecule has 1 N–H and O–H groups in total. The van der Waals surface area contributed by atoms with Gasteiger partial charge in [0.15, 0.2) is 0 Å². The minimum absolute atomic E-state index is 0. The molecule has 0 fully saturated rings. The molecule has 4 nitrogen and oxygen atoms in total. The topological polar surface area (TPSA) is 49.4 Å². The lowest BCUT2D eigenvalue weighted by molar-refractivity contribution is 0.459. The standard InChI is InChI=1S/C10H14BrFN2O2S.ClH/c1-13-5-6-14(2)17(15,16)10-4-3-8(11)7-9(10)12;/h3-4,7,13H,5-6H2,1-2H3;1H. The van der Waals surface area contributed by atoms with E-state index in [2.05, 4.69) is 21.2 Å². The van der Waals surface area contributed by atoms with E-state index in [1.165, 1.54) is 19.2 Å². The van der Waals surface area contributed by atoms with Crippen LogP contribution >= 0.6 is 28.3 Å². The van der Waals surface area contributed by atoms with Crippen LogP contribution in [0, 0.1) is 5.82 Å². The summed E-state index contributed by atoms with van der Waals surface area (Å²) < 4.78 is 39.2. The van der Waals surface area contributed by atoms with Crippen molar-refractivity contribution >= 4 is 38.4 Å². The quantitative estimate of drug-likeness (QED) is 0.871. The number of sulfonamides is 1. The maximum Gasteiger partial charge on any atom is 0.245 e. The molecule has 0 saturated carbocycles. The summed E-state index contributed by atoms with van der Waals surface area (Å²) >= 11 is 3.08. The van der Waals surface area contributed by atoms with Crippen molar-refractivity contribution < 1.29 is 12.8 Å². The van der Waals surface area contributed by atoms with E-state index >= 15 is 0 Å². The van der Waals surface area contributed by atoms with E-state index < -0.39 is 15.8 Å². The lowest BCUT2D eigenvalue weighted by Gasteiger charge is -2.17. The molecular formula is C10H15BrClFN2O2S. The molecule has 0 radical (unpaired) electrons. The highest BCUT2D eigenvalue weighted by molar-refractivity contribution is 9.10. The molecule has 0 spiro atoms. The Kier molecular flexibility index (Phi) is 7.31. The summed E-state index contributed by atoms with van der Waals surface area (Å²) in [5.74, 6) is -0.754. The molecule has 0 heterocycles. The molecule has 0 unspecified atom stereocenters. The van der Waals surface area contributed by atoms with Crippen LogP contribution in [0.3, 0.4) is 0 Å². The molecule has 104 valence electrons. The summed E-state index contributed by atoms with van der Waals surface area (Å²) in [6.45, 7) is 0.794. The van der Waals surface area contributed by atoms with Gasteiger partial charge in [-0.3, -0.25) is 0 Å². The zero-order valence-electron chi connectivity index (χ0n) is 9.98. The predicted octanol–water partition coefficient (Wildman–Crippen LogP) is 1.85. The number of halogens is 3. The van der Waals surface area contributed by atoms with Gasteiger partial charge in [0.05, 0.1) is 0 Å². The van der Waals surface area contributed by atoms with Crippen LogP contribution in [0.25, 0.3) is 0 Å². The van der Waals surface area contributed by atoms with Crippen LogP contribution in [-0.2, 0) is 10.0 Å². The van der Waals surface area contributed by atoms with Crippen LogP contribution in [0.4, 0.5) is 4.39 Å². The summed E-state index contributed by atoms with van der Waals surface area (Å²) in [6.07, 6.45) is 0. The van der Waals surface area contributed by atoms with Crippen LogP contribution in [0.5, 0.6) is 0 Å². The van der Waals surface area contributed by atoms with Gasteiger partial charge >= 0.3 is 0 Å². The highest BCUT2D eigenvalue weighted by Gasteiger charge is 2.23. The lowest BCUT2D eigenvalue weighted by Crippen LogP contribution is -2.33. The van der Waals surface area contributed by atoms with E-state index in [1.807, 2.05) is 0 Å². The molecule has 8 heteroatoms. The molecule has 0 amide bonds. The molecule has 0 aromatic heterocycles. The fraction of sp³-hybridized carbons (Fsp3) is 0.400. The van der Waals surface area contributed by atoms with Gasteiger partial charge in [0.25, 0.3) is 0 Å². The van der Waals surface area contributed by atoms with Gasteiger partial charge in [-0.05, 0) is 25.2 Å². The van der Waals surface area contributed by atoms with Gasteiger partial charge in [0, 0.05) is 24.6 Å². The first-order chi connectivity index (χ1) is 7.89. The van der Waals surface area contributed by atoms with Gasteiger partial charge in [0.2, 0.25) is 10.0 Å². The highest BCUT2D eigenvalue weighted by atomic mass is 79.9. The first kappa shape index (κ1) is 17.8. The SMILES string of the molecule is CNCCN(C)S(=O)(=O)c1ccc(Br)cc1F.Cl. The lowest BCUT2D eigenvalue weighted by atomic mass is 10.3. The van der Waals surface area contributed by atoms with E-state index in [0.29, 0.717) is 11.0 Å². The van der Waals surface area contributed by atoms with Crippen molar-refractivity contribution in [3.63, 3.8) is 0 Å². The molecule has 1 aromatic rings. The Bertz CT molecular complexity index is 499. The largest absolute Gasteiger partial charge is 0.318 e. The average Bonchev–Trinajstić information content (AvgIpc) is 2.25. The van der Waals surface area contributed by atoms with Crippen molar-refractivity contribution in [2.45, 2.75) is 4.90 Å². The van der Waals surface area contributed by atoms with Crippen LogP contribution in [-0.4, -0.2) is 39.9 Å². The molecule has 0 atom stereocenters. The van der Waals surface area contributed by atoms with Gasteiger partial charge in [-0.15, -0.1) is 12.4 Å². The number of rotatable bonds is 5. The molecule has 1 rings (SSSR count). The van der Waals surface area contributed by atoms with E-state index in [-0.39, 0.29) is 23.8 Å². The Labute approximate surface area is 121 Å². The minimum Gasteiger partial charge on any atom is -0.318 e. The number of likely N-dealkylation sites (N-methyl/N-ethyl adjacent to an activating group) is 2. The minimum atomic E-state index is -3.76. The first-order valence-corrected chi connectivity index (χ1v) is 7.19. The van der Waals surface area contributed by atoms with Crippen LogP contribution in [0.15, 0.2) is 27.6 Å². The fourth-order valence-corrected chi connectivity index (χ4v) is 2.79. The summed E-state index contributed by atoms with van der Waals surface area (Å²) in [6, 6.07) is 3.89. The number of hydrogen-bond acceptors (Lipinski definition) is 3. The van der Waals surface area contributed by atoms with E-state index in [4.69, 9.17) is 0 Å². The maximum atomic E-state index is 13.6. The molecular weight excluding hydrogens is 347 g/mol. The molecule has 0 saturated heterocycles. The third kappa shape index (κ3) is 4.17. The summed E-state index contributed by atoms with van der Waals surface area (Å²) in [4.78, 5) is -0.306. The molecule has 0 bridgehead atoms. The summed E-state index contributed by atoms with van der Waals surface area (Å²) in [5.41, 5.74) is 0. The third-order valence-electron chi connectivity index (χ3n) is 2.26. The second kappa shape index (κ2) is 7.40. The van der Waals surface area contributed by atoms with Gasteiger partial charge < -0.3 is 5.32 Å². The van der Waals surface area contributed by atoms with Crippen molar-refractivity contribution in [3.8, 4) is 0 Å². The third-order valence-corrected chi connectivity index (χ3v) is 4.64. The Balaban J connectivity index is 0.00000289. The monoisotopic (exact) mass is 360 g/mol. The van der Waals surface area contributed by atoms with E-state index in [9.17, 15) is 12.8 Å². The molecule has 18 heavy (non-hydrogen) atoms. The normalized spacial score (nSPS) is 11.4. The Morgan fingerprint density at radius 2 is 2.06 bits per heavy atom. The van der Waals surface area contributed by atoms with Crippen LogP contribution < -0.4 is 5.32 Å². The molecule has 0 aliphatic heterocycles. The number of nitrogens with zero attached hydrogens (tertiary/aromatic N) is 1. The summed E-state index contributed by atoms with van der Waals surface area (Å²) in [7, 11) is -0.614. The second-order valence-electron chi connectivity index (χ2n) is 3.50. The van der Waals surface area contributed by atoms with Gasteiger partial charge in [0.1, 0.15) is 10.7 Å². The summed E-state index contributed by atoms with van der Waals surface area (Å²) in [5, 5.41) is 2.84. The smallest absolute Gasteiger partial charge is 0.245 e. The van der Waals surface area contributed by atoms with Crippen molar-refractivity contribution in [1.82, 2.24) is 9.62 Å². The second-order valence-corrected chi connectivity index (χ2v) is 6.43. The van der Waals surface area contributed by atoms with Crippen molar-refractivity contribution in [2.75, 3.05) is 27.2 Å². The van der Waals surface area contributed by atoms with Crippen molar-refractivity contribution in [1.29, 1.82) is 0 Å². The van der Waals surface area contributed by atoms with Crippen LogP contribution in [0.1, 0.15) is 0 Å². The van der Waals surface area contributed by atoms with Gasteiger partial charge in [-0.1, -0.05) is 15.9 Å². The zero-order valence-corrected chi connectivity index (χ0v) is 13.2. The van der Waals surface area contributed by atoms with Gasteiger partial charge in [-0.25, -0.2) is 12.8 Å². The van der Waals surface area contributed by atoms with Crippen LogP contribution in [0.2, 0.25) is 0 Å².